The maximum Gasteiger partial charge on any atom is 0.254 e. The molecule has 1 saturated heterocycles. The Labute approximate surface area is 174 Å². The molecule has 0 unspecified atom stereocenters. The number of halogens is 1. The molecule has 3 rings (SSSR count). The predicted octanol–water partition coefficient (Wildman–Crippen LogP) is 4.60. The number of amides is 1. The number of carbonyl (C=O) groups is 1. The lowest BCUT2D eigenvalue weighted by molar-refractivity contribution is 0.0642. The third-order valence-corrected chi connectivity index (χ3v) is 5.04. The fraction of sp³-hybridized carbons (Fsp3) is 0.435. The smallest absolute Gasteiger partial charge is 0.254 e. The molecule has 2 aromatic carbocycles. The summed E-state index contributed by atoms with van der Waals surface area (Å²) in [6, 6.07) is 16.2. The van der Waals surface area contributed by atoms with Gasteiger partial charge in [-0.1, -0.05) is 42.8 Å². The summed E-state index contributed by atoms with van der Waals surface area (Å²) in [7, 11) is 0. The van der Waals surface area contributed by atoms with Gasteiger partial charge in [0.25, 0.3) is 5.91 Å². The highest BCUT2D eigenvalue weighted by Gasteiger charge is 2.25. The Balaban J connectivity index is 0.00000280. The highest BCUT2D eigenvalue weighted by atomic mass is 35.5. The summed E-state index contributed by atoms with van der Waals surface area (Å²) in [5, 5.41) is 3.38. The van der Waals surface area contributed by atoms with Gasteiger partial charge in [0.05, 0.1) is 0 Å². The first-order valence-electron chi connectivity index (χ1n) is 9.97. The molecule has 1 amide bonds. The molecular weight excluding hydrogens is 372 g/mol. The average Bonchev–Trinajstić information content (AvgIpc) is 2.71. The number of carbonyl (C=O) groups excluding carboxylic acids is 1. The Morgan fingerprint density at radius 3 is 2.61 bits per heavy atom. The maximum absolute atomic E-state index is 13.2. The summed E-state index contributed by atoms with van der Waals surface area (Å²) in [6.07, 6.45) is 3.02. The van der Waals surface area contributed by atoms with Gasteiger partial charge >= 0.3 is 0 Å². The van der Waals surface area contributed by atoms with Crippen molar-refractivity contribution in [1.29, 1.82) is 0 Å². The molecule has 0 radical (unpaired) electrons. The van der Waals surface area contributed by atoms with Gasteiger partial charge in [0, 0.05) is 18.2 Å². The second-order valence-electron chi connectivity index (χ2n) is 7.29. The van der Waals surface area contributed by atoms with Crippen molar-refractivity contribution in [3.8, 4) is 5.75 Å². The van der Waals surface area contributed by atoms with Crippen LogP contribution in [0.3, 0.4) is 0 Å². The second kappa shape index (κ2) is 11.1. The molecule has 4 nitrogen and oxygen atoms in total. The van der Waals surface area contributed by atoms with Crippen LogP contribution in [0, 0.1) is 6.92 Å². The predicted molar refractivity (Wildman–Crippen MR) is 116 cm³/mol. The number of benzene rings is 2. The number of nitrogens with one attached hydrogen (secondary N) is 1. The minimum atomic E-state index is 0. The molecule has 1 aliphatic heterocycles. The van der Waals surface area contributed by atoms with Crippen molar-refractivity contribution < 1.29 is 9.53 Å². The van der Waals surface area contributed by atoms with E-state index in [1.807, 2.05) is 30.3 Å². The fourth-order valence-corrected chi connectivity index (χ4v) is 3.66. The molecule has 0 spiro atoms. The Kier molecular flexibility index (Phi) is 8.81. The molecule has 1 aliphatic rings. The van der Waals surface area contributed by atoms with Crippen LogP contribution in [-0.4, -0.2) is 36.5 Å². The van der Waals surface area contributed by atoms with E-state index >= 15 is 0 Å². The van der Waals surface area contributed by atoms with Gasteiger partial charge in [-0.05, 0) is 63.0 Å². The molecule has 0 atom stereocenters. The first kappa shape index (κ1) is 22.3. The van der Waals surface area contributed by atoms with E-state index in [1.54, 1.807) is 0 Å². The van der Waals surface area contributed by atoms with Crippen LogP contribution in [0.2, 0.25) is 0 Å². The van der Waals surface area contributed by atoms with Gasteiger partial charge in [-0.25, -0.2) is 0 Å². The number of ether oxygens (including phenoxy) is 1. The second-order valence-corrected chi connectivity index (χ2v) is 7.29. The van der Waals surface area contributed by atoms with E-state index in [0.717, 1.165) is 50.2 Å². The average molecular weight is 403 g/mol. The van der Waals surface area contributed by atoms with Crippen LogP contribution in [0.4, 0.5) is 0 Å². The number of hydrogen-bond acceptors (Lipinski definition) is 3. The molecule has 5 heteroatoms. The molecule has 0 bridgehead atoms. The van der Waals surface area contributed by atoms with E-state index in [4.69, 9.17) is 4.74 Å². The highest BCUT2D eigenvalue weighted by Crippen LogP contribution is 2.20. The lowest BCUT2D eigenvalue weighted by Gasteiger charge is -2.34. The van der Waals surface area contributed by atoms with Crippen LogP contribution in [-0.2, 0) is 6.61 Å². The van der Waals surface area contributed by atoms with E-state index in [2.05, 4.69) is 42.3 Å². The van der Waals surface area contributed by atoms with Crippen LogP contribution < -0.4 is 10.1 Å². The Bertz CT molecular complexity index is 760. The summed E-state index contributed by atoms with van der Waals surface area (Å²) in [5.41, 5.74) is 3.06. The molecule has 1 fully saturated rings. The van der Waals surface area contributed by atoms with Crippen LogP contribution >= 0.6 is 12.4 Å². The molecular formula is C23H31ClN2O2. The van der Waals surface area contributed by atoms with Gasteiger partial charge in [0.2, 0.25) is 0 Å². The molecule has 0 saturated carbocycles. The number of rotatable bonds is 7. The lowest BCUT2D eigenvalue weighted by atomic mass is 10.0. The van der Waals surface area contributed by atoms with Gasteiger partial charge in [-0.15, -0.1) is 12.4 Å². The van der Waals surface area contributed by atoms with Crippen LogP contribution in [0.1, 0.15) is 47.7 Å². The van der Waals surface area contributed by atoms with Crippen molar-refractivity contribution in [1.82, 2.24) is 10.2 Å². The summed E-state index contributed by atoms with van der Waals surface area (Å²) in [5.74, 6) is 0.855. The Morgan fingerprint density at radius 2 is 1.89 bits per heavy atom. The van der Waals surface area contributed by atoms with E-state index in [9.17, 15) is 4.79 Å². The highest BCUT2D eigenvalue weighted by molar-refractivity contribution is 5.94. The molecule has 0 aliphatic carbocycles. The monoisotopic (exact) mass is 402 g/mol. The van der Waals surface area contributed by atoms with Gasteiger partial charge < -0.3 is 15.0 Å². The third-order valence-electron chi connectivity index (χ3n) is 5.04. The van der Waals surface area contributed by atoms with E-state index in [1.165, 1.54) is 5.56 Å². The zero-order valence-electron chi connectivity index (χ0n) is 16.8. The topological polar surface area (TPSA) is 41.6 Å². The summed E-state index contributed by atoms with van der Waals surface area (Å²) in [6.45, 7) is 7.48. The van der Waals surface area contributed by atoms with Gasteiger partial charge in [0.1, 0.15) is 12.4 Å². The summed E-state index contributed by atoms with van der Waals surface area (Å²) >= 11 is 0. The minimum absolute atomic E-state index is 0. The normalized spacial score (nSPS) is 14.2. The van der Waals surface area contributed by atoms with Crippen molar-refractivity contribution in [3.05, 3.63) is 65.2 Å². The van der Waals surface area contributed by atoms with E-state index < -0.39 is 0 Å². The minimum Gasteiger partial charge on any atom is -0.489 e. The molecule has 1 heterocycles. The van der Waals surface area contributed by atoms with Crippen LogP contribution in [0.5, 0.6) is 5.75 Å². The molecule has 152 valence electrons. The molecule has 0 aromatic heterocycles. The van der Waals surface area contributed by atoms with Gasteiger partial charge in [-0.2, -0.15) is 0 Å². The van der Waals surface area contributed by atoms with Crippen molar-refractivity contribution in [2.75, 3.05) is 19.6 Å². The number of aryl methyl sites for hydroxylation is 1. The Hall–Kier alpha value is -2.04. The van der Waals surface area contributed by atoms with E-state index in [-0.39, 0.29) is 18.3 Å². The largest absolute Gasteiger partial charge is 0.489 e. The lowest BCUT2D eigenvalue weighted by Crippen LogP contribution is -2.46. The molecule has 28 heavy (non-hydrogen) atoms. The summed E-state index contributed by atoms with van der Waals surface area (Å²) in [4.78, 5) is 15.2. The summed E-state index contributed by atoms with van der Waals surface area (Å²) < 4.78 is 5.94. The molecule has 1 N–H and O–H groups in total. The van der Waals surface area contributed by atoms with Crippen LogP contribution in [0.15, 0.2) is 48.5 Å². The SMILES string of the molecule is CCCN(C(=O)c1cccc(OCc2cccc(C)c2)c1)C1CCNCC1.Cl. The number of nitrogens with zero attached hydrogens (tertiary/aromatic N) is 1. The first-order chi connectivity index (χ1) is 13.2. The zero-order valence-corrected chi connectivity index (χ0v) is 17.6. The van der Waals surface area contributed by atoms with Crippen molar-refractivity contribution >= 4 is 18.3 Å². The number of hydrogen-bond donors (Lipinski definition) is 1. The van der Waals surface area contributed by atoms with Crippen LogP contribution in [0.25, 0.3) is 0 Å². The maximum atomic E-state index is 13.2. The van der Waals surface area contributed by atoms with Crippen molar-refractivity contribution in [2.45, 2.75) is 45.8 Å². The zero-order chi connectivity index (χ0) is 19.1. The van der Waals surface area contributed by atoms with Gasteiger partial charge in [0.15, 0.2) is 0 Å². The van der Waals surface area contributed by atoms with Gasteiger partial charge in [-0.3, -0.25) is 4.79 Å². The van der Waals surface area contributed by atoms with Crippen molar-refractivity contribution in [2.24, 2.45) is 0 Å². The van der Waals surface area contributed by atoms with E-state index in [0.29, 0.717) is 18.2 Å². The standard InChI is InChI=1S/C23H30N2O2.ClH/c1-3-14-25(21-10-12-24-13-11-21)23(26)20-8-5-9-22(16-20)27-17-19-7-4-6-18(2)15-19;/h4-9,15-16,21,24H,3,10-14,17H2,1-2H3;1H. The Morgan fingerprint density at radius 1 is 1.14 bits per heavy atom. The first-order valence-corrected chi connectivity index (χ1v) is 9.97. The quantitative estimate of drug-likeness (QED) is 0.735. The number of piperidine rings is 1. The molecule has 2 aromatic rings. The fourth-order valence-electron chi connectivity index (χ4n) is 3.66. The third kappa shape index (κ3) is 5.98. The van der Waals surface area contributed by atoms with Crippen molar-refractivity contribution in [3.63, 3.8) is 0 Å².